The molecule has 2 N–H and O–H groups in total. The van der Waals surface area contributed by atoms with Gasteiger partial charge in [0.05, 0.1) is 37.5 Å². The average molecular weight is 578 g/mol. The first-order valence-electron chi connectivity index (χ1n) is 14.1. The number of nitrogens with zero attached hydrogens (tertiary/aromatic N) is 5. The highest BCUT2D eigenvalue weighted by Gasteiger charge is 2.55. The quantitative estimate of drug-likeness (QED) is 0.436. The van der Waals surface area contributed by atoms with Crippen LogP contribution in [0.4, 0.5) is 29.1 Å². The van der Waals surface area contributed by atoms with Gasteiger partial charge in [-0.2, -0.15) is 9.35 Å². The van der Waals surface area contributed by atoms with Crippen LogP contribution in [0, 0.1) is 6.92 Å². The van der Waals surface area contributed by atoms with Crippen molar-refractivity contribution < 1.29 is 13.7 Å². The summed E-state index contributed by atoms with van der Waals surface area (Å²) >= 11 is 0. The van der Waals surface area contributed by atoms with E-state index in [4.69, 9.17) is 24.4 Å². The molecule has 2 aromatic heterocycles. The number of hydrogen-bond acceptors (Lipinski definition) is 10. The third kappa shape index (κ3) is 5.55. The molecule has 218 valence electrons. The molecule has 11 heteroatoms. The number of anilines is 4. The first-order valence-corrected chi connectivity index (χ1v) is 16.4. The van der Waals surface area contributed by atoms with Crippen LogP contribution in [0.2, 0.25) is 0 Å². The van der Waals surface area contributed by atoms with E-state index in [2.05, 4.69) is 65.8 Å². The minimum atomic E-state index is -2.36. The van der Waals surface area contributed by atoms with Crippen LogP contribution in [0.25, 0.3) is 0 Å². The zero-order chi connectivity index (χ0) is 29.0. The van der Waals surface area contributed by atoms with Gasteiger partial charge in [-0.15, -0.1) is 0 Å². The number of rotatable bonds is 5. The molecule has 2 saturated heterocycles. The van der Waals surface area contributed by atoms with Crippen molar-refractivity contribution >= 4 is 38.8 Å². The molecule has 3 aliphatic rings. The van der Waals surface area contributed by atoms with E-state index in [1.807, 2.05) is 18.3 Å². The summed E-state index contributed by atoms with van der Waals surface area (Å²) in [6, 6.07) is 12.2. The van der Waals surface area contributed by atoms with E-state index < -0.39 is 9.73 Å². The third-order valence-electron chi connectivity index (χ3n) is 8.21. The first kappa shape index (κ1) is 28.0. The molecule has 0 saturated carbocycles. The van der Waals surface area contributed by atoms with Crippen LogP contribution in [0.1, 0.15) is 49.9 Å². The SMILES string of the molecule is Cc1cc(Nc2ncc3c(n2)N(c2cccc(N=S(C)(C)=O)n2)[C@@H]2CC(C)(C)OC[C@]32C)ccc1[C@@H]1COCCN1. The van der Waals surface area contributed by atoms with Gasteiger partial charge in [0.15, 0.2) is 5.82 Å². The molecule has 1 aromatic carbocycles. The van der Waals surface area contributed by atoms with E-state index >= 15 is 0 Å². The number of morpholine rings is 1. The number of aryl methyl sites for hydroxylation is 1. The van der Waals surface area contributed by atoms with Gasteiger partial charge in [-0.3, -0.25) is 0 Å². The van der Waals surface area contributed by atoms with Crippen molar-refractivity contribution in [3.63, 3.8) is 0 Å². The second-order valence-corrected chi connectivity index (χ2v) is 14.9. The maximum atomic E-state index is 12.4. The number of hydrogen-bond donors (Lipinski definition) is 2. The van der Waals surface area contributed by atoms with E-state index in [0.717, 1.165) is 42.5 Å². The number of pyridine rings is 1. The van der Waals surface area contributed by atoms with E-state index in [1.165, 1.54) is 11.1 Å². The van der Waals surface area contributed by atoms with Crippen molar-refractivity contribution in [2.45, 2.75) is 57.2 Å². The molecule has 10 nitrogen and oxygen atoms in total. The van der Waals surface area contributed by atoms with Crippen molar-refractivity contribution in [1.82, 2.24) is 20.3 Å². The standard InChI is InChI=1S/C30H39N7O3S/c1-19-14-20(10-11-21(19)23-17-39-13-12-31-23)33-28-32-16-22-27(35-28)37(24-15-29(2,3)40-18-30(22,24)4)26-9-7-8-25(34-26)36-41(5,6)38/h7-11,14,16,23-24,31H,12-13,15,17-18H2,1-6H3,(H,32,33,35)/t23-,24+,30+/m0/s1. The van der Waals surface area contributed by atoms with E-state index in [9.17, 15) is 4.21 Å². The molecular weight excluding hydrogens is 538 g/mol. The van der Waals surface area contributed by atoms with Gasteiger partial charge in [0.1, 0.15) is 11.6 Å². The Bertz CT molecular complexity index is 1590. The lowest BCUT2D eigenvalue weighted by Gasteiger charge is -2.46. The minimum absolute atomic E-state index is 0.0490. The molecule has 6 rings (SSSR count). The number of fused-ring (bicyclic) bond motifs is 3. The van der Waals surface area contributed by atoms with Crippen LogP contribution in [0.5, 0.6) is 0 Å². The fourth-order valence-electron chi connectivity index (χ4n) is 6.12. The molecule has 0 bridgehead atoms. The monoisotopic (exact) mass is 577 g/mol. The molecule has 0 aliphatic carbocycles. The lowest BCUT2D eigenvalue weighted by atomic mass is 9.73. The second-order valence-electron chi connectivity index (χ2n) is 12.4. The van der Waals surface area contributed by atoms with E-state index in [1.54, 1.807) is 18.6 Å². The highest BCUT2D eigenvalue weighted by molar-refractivity contribution is 7.92. The predicted octanol–water partition coefficient (Wildman–Crippen LogP) is 4.92. The van der Waals surface area contributed by atoms with Crippen LogP contribution in [-0.2, 0) is 24.6 Å². The van der Waals surface area contributed by atoms with Crippen molar-refractivity contribution in [2.75, 3.05) is 49.1 Å². The fraction of sp³-hybridized carbons (Fsp3) is 0.500. The van der Waals surface area contributed by atoms with Gasteiger partial charge in [0, 0.05) is 51.6 Å². The fourth-order valence-corrected chi connectivity index (χ4v) is 6.67. The maximum Gasteiger partial charge on any atom is 0.229 e. The first-order chi connectivity index (χ1) is 19.4. The van der Waals surface area contributed by atoms with Gasteiger partial charge < -0.3 is 25.0 Å². The van der Waals surface area contributed by atoms with Crippen LogP contribution in [0.15, 0.2) is 47.0 Å². The molecule has 41 heavy (non-hydrogen) atoms. The Hall–Kier alpha value is -3.12. The summed E-state index contributed by atoms with van der Waals surface area (Å²) in [6.45, 7) is 11.4. The Labute approximate surface area is 242 Å². The smallest absolute Gasteiger partial charge is 0.229 e. The highest BCUT2D eigenvalue weighted by Crippen LogP contribution is 2.53. The van der Waals surface area contributed by atoms with Gasteiger partial charge in [-0.25, -0.2) is 14.2 Å². The molecule has 3 aliphatic heterocycles. The van der Waals surface area contributed by atoms with Gasteiger partial charge in [-0.05, 0) is 62.6 Å². The zero-order valence-corrected chi connectivity index (χ0v) is 25.4. The lowest BCUT2D eigenvalue weighted by Crippen LogP contribution is -2.54. The van der Waals surface area contributed by atoms with Crippen LogP contribution in [-0.4, -0.2) is 69.7 Å². The van der Waals surface area contributed by atoms with Crippen LogP contribution in [0.3, 0.4) is 0 Å². The summed E-state index contributed by atoms with van der Waals surface area (Å²) in [6.07, 6.45) is 5.93. The summed E-state index contributed by atoms with van der Waals surface area (Å²) < 4.78 is 28.8. The lowest BCUT2D eigenvalue weighted by molar-refractivity contribution is -0.0893. The third-order valence-corrected chi connectivity index (χ3v) is 8.84. The predicted molar refractivity (Wildman–Crippen MR) is 162 cm³/mol. The molecule has 5 heterocycles. The molecule has 0 unspecified atom stereocenters. The molecule has 0 radical (unpaired) electrons. The molecule has 3 atom stereocenters. The molecule has 0 spiro atoms. The minimum Gasteiger partial charge on any atom is -0.378 e. The van der Waals surface area contributed by atoms with Gasteiger partial charge in [0.2, 0.25) is 5.95 Å². The molecular formula is C30H39N7O3S. The number of aromatic nitrogens is 3. The van der Waals surface area contributed by atoms with Gasteiger partial charge in [-0.1, -0.05) is 19.1 Å². The van der Waals surface area contributed by atoms with Crippen LogP contribution >= 0.6 is 0 Å². The average Bonchev–Trinajstić information content (AvgIpc) is 3.15. The van der Waals surface area contributed by atoms with Crippen LogP contribution < -0.4 is 15.5 Å². The zero-order valence-electron chi connectivity index (χ0n) is 24.6. The Balaban J connectivity index is 1.37. The number of ether oxygens (including phenoxy) is 2. The molecule has 2 fully saturated rings. The summed E-state index contributed by atoms with van der Waals surface area (Å²) in [7, 11) is -2.36. The van der Waals surface area contributed by atoms with E-state index in [0.29, 0.717) is 25.0 Å². The molecule has 0 amide bonds. The van der Waals surface area contributed by atoms with Gasteiger partial charge in [0.25, 0.3) is 0 Å². The Morgan fingerprint density at radius 1 is 1.17 bits per heavy atom. The van der Waals surface area contributed by atoms with Crippen molar-refractivity contribution in [2.24, 2.45) is 4.36 Å². The van der Waals surface area contributed by atoms with Crippen molar-refractivity contribution in [1.29, 1.82) is 0 Å². The summed E-state index contributed by atoms with van der Waals surface area (Å²) in [5, 5.41) is 6.95. The van der Waals surface area contributed by atoms with Crippen molar-refractivity contribution in [3.8, 4) is 0 Å². The highest BCUT2D eigenvalue weighted by atomic mass is 32.2. The summed E-state index contributed by atoms with van der Waals surface area (Å²) in [5.41, 5.74) is 3.72. The maximum absolute atomic E-state index is 12.4. The van der Waals surface area contributed by atoms with Crippen molar-refractivity contribution in [3.05, 3.63) is 59.3 Å². The summed E-state index contributed by atoms with van der Waals surface area (Å²) in [5.74, 6) is 2.47. The Morgan fingerprint density at radius 2 is 2.00 bits per heavy atom. The Kier molecular flexibility index (Phi) is 7.04. The molecule has 3 aromatic rings. The number of benzene rings is 1. The van der Waals surface area contributed by atoms with Gasteiger partial charge >= 0.3 is 0 Å². The Morgan fingerprint density at radius 3 is 2.73 bits per heavy atom. The topological polar surface area (TPSA) is 114 Å². The second kappa shape index (κ2) is 10.3. The van der Waals surface area contributed by atoms with E-state index in [-0.39, 0.29) is 23.1 Å². The largest absolute Gasteiger partial charge is 0.378 e. The normalized spacial score (nSPS) is 25.4. The number of nitrogens with one attached hydrogen (secondary N) is 2. The summed E-state index contributed by atoms with van der Waals surface area (Å²) in [4.78, 5) is 16.8.